The number of anilines is 1. The molecule has 0 saturated heterocycles. The summed E-state index contributed by atoms with van der Waals surface area (Å²) in [5.74, 6) is 1.33. The topological polar surface area (TPSA) is 48.1 Å². The van der Waals surface area contributed by atoms with Gasteiger partial charge < -0.3 is 10.5 Å². The zero-order valence-corrected chi connectivity index (χ0v) is 12.2. The predicted octanol–water partition coefficient (Wildman–Crippen LogP) is 4.29. The predicted molar refractivity (Wildman–Crippen MR) is 75.3 cm³/mol. The van der Waals surface area contributed by atoms with E-state index in [1.54, 1.807) is 12.4 Å². The zero-order chi connectivity index (χ0) is 12.4. The van der Waals surface area contributed by atoms with Crippen LogP contribution in [0, 0.1) is 6.92 Å². The first-order valence-electron chi connectivity index (χ1n) is 4.91. The molecule has 88 valence electrons. The van der Waals surface area contributed by atoms with Crippen LogP contribution in [-0.2, 0) is 0 Å². The lowest BCUT2D eigenvalue weighted by Gasteiger charge is -2.10. The molecule has 0 fully saturated rings. The Balaban J connectivity index is 2.35. The summed E-state index contributed by atoms with van der Waals surface area (Å²) in [6.07, 6.45) is 3.21. The molecule has 0 unspecified atom stereocenters. The number of rotatable bonds is 2. The third-order valence-electron chi connectivity index (χ3n) is 2.23. The lowest BCUT2D eigenvalue weighted by molar-refractivity contribution is 0.481. The standard InChI is InChI=1S/C12H10Br2N2O/c1-7-4-8(2-3-9(7)13)17-12-10(14)5-16-6-11(12)15/h2-6H,15H2,1H3. The third kappa shape index (κ3) is 2.79. The summed E-state index contributed by atoms with van der Waals surface area (Å²) in [4.78, 5) is 3.96. The molecule has 3 nitrogen and oxygen atoms in total. The molecule has 2 rings (SSSR count). The number of nitrogen functional groups attached to an aromatic ring is 1. The molecular weight excluding hydrogens is 348 g/mol. The summed E-state index contributed by atoms with van der Waals surface area (Å²) >= 11 is 6.81. The molecule has 1 heterocycles. The highest BCUT2D eigenvalue weighted by molar-refractivity contribution is 9.10. The second-order valence-electron chi connectivity index (χ2n) is 3.55. The van der Waals surface area contributed by atoms with Gasteiger partial charge in [0.1, 0.15) is 5.75 Å². The van der Waals surface area contributed by atoms with Gasteiger partial charge in [0.05, 0.1) is 16.4 Å². The molecule has 0 atom stereocenters. The van der Waals surface area contributed by atoms with Gasteiger partial charge in [-0.05, 0) is 46.6 Å². The van der Waals surface area contributed by atoms with Crippen molar-refractivity contribution in [3.05, 3.63) is 45.1 Å². The van der Waals surface area contributed by atoms with Gasteiger partial charge in [-0.2, -0.15) is 0 Å². The number of hydrogen-bond acceptors (Lipinski definition) is 3. The second-order valence-corrected chi connectivity index (χ2v) is 5.26. The number of benzene rings is 1. The van der Waals surface area contributed by atoms with Crippen molar-refractivity contribution in [1.29, 1.82) is 0 Å². The first-order valence-corrected chi connectivity index (χ1v) is 6.49. The fourth-order valence-electron chi connectivity index (χ4n) is 1.34. The lowest BCUT2D eigenvalue weighted by atomic mass is 10.2. The number of pyridine rings is 1. The van der Waals surface area contributed by atoms with Crippen LogP contribution in [0.5, 0.6) is 11.5 Å². The van der Waals surface area contributed by atoms with Gasteiger partial charge in [-0.25, -0.2) is 0 Å². The number of halogens is 2. The van der Waals surface area contributed by atoms with Crippen LogP contribution in [0.15, 0.2) is 39.5 Å². The highest BCUT2D eigenvalue weighted by Gasteiger charge is 2.08. The maximum absolute atomic E-state index is 5.81. The van der Waals surface area contributed by atoms with Crippen molar-refractivity contribution in [2.45, 2.75) is 6.92 Å². The summed E-state index contributed by atoms with van der Waals surface area (Å²) in [6, 6.07) is 5.76. The Morgan fingerprint density at radius 1 is 1.18 bits per heavy atom. The fraction of sp³-hybridized carbons (Fsp3) is 0.0833. The van der Waals surface area contributed by atoms with Crippen LogP contribution in [-0.4, -0.2) is 4.98 Å². The van der Waals surface area contributed by atoms with Gasteiger partial charge in [-0.3, -0.25) is 4.98 Å². The maximum atomic E-state index is 5.81. The highest BCUT2D eigenvalue weighted by atomic mass is 79.9. The van der Waals surface area contributed by atoms with E-state index in [1.807, 2.05) is 25.1 Å². The summed E-state index contributed by atoms with van der Waals surface area (Å²) in [5.41, 5.74) is 7.41. The molecule has 0 bridgehead atoms. The van der Waals surface area contributed by atoms with E-state index in [-0.39, 0.29) is 0 Å². The van der Waals surface area contributed by atoms with Gasteiger partial charge in [0.15, 0.2) is 5.75 Å². The van der Waals surface area contributed by atoms with E-state index in [4.69, 9.17) is 10.5 Å². The monoisotopic (exact) mass is 356 g/mol. The molecule has 17 heavy (non-hydrogen) atoms. The smallest absolute Gasteiger partial charge is 0.167 e. The van der Waals surface area contributed by atoms with Gasteiger partial charge in [0.2, 0.25) is 0 Å². The minimum Gasteiger partial charge on any atom is -0.454 e. The number of hydrogen-bond donors (Lipinski definition) is 1. The van der Waals surface area contributed by atoms with Crippen molar-refractivity contribution < 1.29 is 4.74 Å². The Bertz CT molecular complexity index is 538. The normalized spacial score (nSPS) is 10.3. The summed E-state index contributed by atoms with van der Waals surface area (Å²) in [6.45, 7) is 2.00. The summed E-state index contributed by atoms with van der Waals surface area (Å²) in [7, 11) is 0. The lowest BCUT2D eigenvalue weighted by Crippen LogP contribution is -1.94. The molecule has 5 heteroatoms. The molecule has 2 N–H and O–H groups in total. The van der Waals surface area contributed by atoms with Crippen molar-refractivity contribution in [2.75, 3.05) is 5.73 Å². The number of ether oxygens (including phenoxy) is 1. The van der Waals surface area contributed by atoms with Crippen LogP contribution in [0.4, 0.5) is 5.69 Å². The van der Waals surface area contributed by atoms with E-state index < -0.39 is 0 Å². The van der Waals surface area contributed by atoms with E-state index >= 15 is 0 Å². The molecule has 0 amide bonds. The van der Waals surface area contributed by atoms with Crippen LogP contribution >= 0.6 is 31.9 Å². The van der Waals surface area contributed by atoms with Crippen molar-refractivity contribution in [3.8, 4) is 11.5 Å². The quantitative estimate of drug-likeness (QED) is 0.872. The van der Waals surface area contributed by atoms with E-state index in [9.17, 15) is 0 Å². The Hall–Kier alpha value is -1.07. The molecule has 0 saturated carbocycles. The molecule has 0 aliphatic rings. The molecule has 1 aromatic heterocycles. The van der Waals surface area contributed by atoms with Gasteiger partial charge in [-0.15, -0.1) is 0 Å². The van der Waals surface area contributed by atoms with Crippen molar-refractivity contribution in [3.63, 3.8) is 0 Å². The van der Waals surface area contributed by atoms with Crippen LogP contribution < -0.4 is 10.5 Å². The van der Waals surface area contributed by atoms with Crippen LogP contribution in [0.3, 0.4) is 0 Å². The van der Waals surface area contributed by atoms with Gasteiger partial charge in [0.25, 0.3) is 0 Å². The Morgan fingerprint density at radius 3 is 2.59 bits per heavy atom. The molecular formula is C12H10Br2N2O. The molecule has 0 radical (unpaired) electrons. The van der Waals surface area contributed by atoms with Crippen LogP contribution in [0.25, 0.3) is 0 Å². The average molecular weight is 358 g/mol. The van der Waals surface area contributed by atoms with Gasteiger partial charge in [0, 0.05) is 10.7 Å². The second kappa shape index (κ2) is 5.06. The van der Waals surface area contributed by atoms with Gasteiger partial charge in [-0.1, -0.05) is 15.9 Å². The van der Waals surface area contributed by atoms with E-state index in [0.29, 0.717) is 11.4 Å². The first kappa shape index (κ1) is 12.4. The highest BCUT2D eigenvalue weighted by Crippen LogP contribution is 2.34. The summed E-state index contributed by atoms with van der Waals surface area (Å²) in [5, 5.41) is 0. The SMILES string of the molecule is Cc1cc(Oc2c(N)cncc2Br)ccc1Br. The average Bonchev–Trinajstić information content (AvgIpc) is 2.28. The van der Waals surface area contributed by atoms with Crippen molar-refractivity contribution >= 4 is 37.5 Å². The zero-order valence-electron chi connectivity index (χ0n) is 9.08. The van der Waals surface area contributed by atoms with E-state index in [2.05, 4.69) is 36.8 Å². The minimum absolute atomic E-state index is 0.500. The number of aromatic nitrogens is 1. The van der Waals surface area contributed by atoms with Crippen LogP contribution in [0.1, 0.15) is 5.56 Å². The largest absolute Gasteiger partial charge is 0.454 e. The molecule has 1 aromatic carbocycles. The summed E-state index contributed by atoms with van der Waals surface area (Å²) < 4.78 is 7.53. The molecule has 0 spiro atoms. The third-order valence-corrected chi connectivity index (χ3v) is 3.68. The number of nitrogens with zero attached hydrogens (tertiary/aromatic N) is 1. The van der Waals surface area contributed by atoms with Crippen molar-refractivity contribution in [2.24, 2.45) is 0 Å². The van der Waals surface area contributed by atoms with E-state index in [1.165, 1.54) is 0 Å². The van der Waals surface area contributed by atoms with E-state index in [0.717, 1.165) is 20.3 Å². The minimum atomic E-state index is 0.500. The Labute approximate surface area is 116 Å². The van der Waals surface area contributed by atoms with Crippen molar-refractivity contribution in [1.82, 2.24) is 4.98 Å². The number of aryl methyl sites for hydroxylation is 1. The van der Waals surface area contributed by atoms with Crippen LogP contribution in [0.2, 0.25) is 0 Å². The Morgan fingerprint density at radius 2 is 1.94 bits per heavy atom. The van der Waals surface area contributed by atoms with Gasteiger partial charge >= 0.3 is 0 Å². The molecule has 0 aliphatic heterocycles. The molecule has 2 aromatic rings. The fourth-order valence-corrected chi connectivity index (χ4v) is 2.02. The Kier molecular flexibility index (Phi) is 3.69. The number of nitrogens with two attached hydrogens (primary N) is 1. The maximum Gasteiger partial charge on any atom is 0.167 e. The first-order chi connectivity index (χ1) is 8.08. The molecule has 0 aliphatic carbocycles.